The van der Waals surface area contributed by atoms with Gasteiger partial charge in [-0.2, -0.15) is 0 Å². The van der Waals surface area contributed by atoms with Gasteiger partial charge in [-0.25, -0.2) is 4.79 Å². The van der Waals surface area contributed by atoms with Gasteiger partial charge in [-0.3, -0.25) is 0 Å². The molecule has 0 aromatic heterocycles. The van der Waals surface area contributed by atoms with Crippen LogP contribution in [0, 0.1) is 5.92 Å². The highest BCUT2D eigenvalue weighted by Crippen LogP contribution is 2.31. The number of carbonyl (C=O) groups excluding carboxylic acids is 1. The molecule has 0 saturated heterocycles. The average molecular weight is 152 g/mol. The Morgan fingerprint density at radius 1 is 1.73 bits per heavy atom. The first kappa shape index (κ1) is 7.85. The highest BCUT2D eigenvalue weighted by molar-refractivity contribution is 5.72. The van der Waals surface area contributed by atoms with Gasteiger partial charge in [0.25, 0.3) is 0 Å². The zero-order chi connectivity index (χ0) is 8.27. The Morgan fingerprint density at radius 2 is 2.45 bits per heavy atom. The van der Waals surface area contributed by atoms with E-state index < -0.39 is 6.03 Å². The Bertz CT molecular complexity index is 198. The summed E-state index contributed by atoms with van der Waals surface area (Å²) in [5, 5.41) is 2.63. The molecule has 2 atom stereocenters. The van der Waals surface area contributed by atoms with Crippen LogP contribution >= 0.6 is 0 Å². The van der Waals surface area contributed by atoms with E-state index >= 15 is 0 Å². The number of carbonyl (C=O) groups is 1. The molecule has 2 amide bonds. The van der Waals surface area contributed by atoms with Gasteiger partial charge in [0.15, 0.2) is 0 Å². The van der Waals surface area contributed by atoms with Crippen molar-refractivity contribution in [2.24, 2.45) is 11.7 Å². The molecule has 0 heterocycles. The van der Waals surface area contributed by atoms with Crippen LogP contribution < -0.4 is 11.1 Å². The van der Waals surface area contributed by atoms with Gasteiger partial charge in [0.05, 0.1) is 0 Å². The first-order valence-electron chi connectivity index (χ1n) is 3.59. The molecular formula is C8H12N2O. The van der Waals surface area contributed by atoms with Crippen molar-refractivity contribution < 1.29 is 4.79 Å². The van der Waals surface area contributed by atoms with E-state index in [1.54, 1.807) is 6.08 Å². The summed E-state index contributed by atoms with van der Waals surface area (Å²) in [7, 11) is 0. The quantitative estimate of drug-likeness (QED) is 0.577. The predicted molar refractivity (Wildman–Crippen MR) is 44.0 cm³/mol. The molecule has 1 aliphatic rings. The van der Waals surface area contributed by atoms with Crippen molar-refractivity contribution in [2.75, 3.05) is 0 Å². The van der Waals surface area contributed by atoms with E-state index in [2.05, 4.69) is 11.9 Å². The number of primary amides is 1. The Morgan fingerprint density at radius 3 is 3.00 bits per heavy atom. The molecule has 0 bridgehead atoms. The van der Waals surface area contributed by atoms with E-state index in [1.165, 1.54) is 0 Å². The molecule has 3 N–H and O–H groups in total. The first-order chi connectivity index (χ1) is 5.24. The molecule has 0 radical (unpaired) electrons. The number of nitrogens with two attached hydrogens (primary N) is 1. The number of hydrogen-bond acceptors (Lipinski definition) is 1. The molecular weight excluding hydrogens is 140 g/mol. The third-order valence-corrected chi connectivity index (χ3v) is 1.66. The number of hydrogen-bond donors (Lipinski definition) is 2. The van der Waals surface area contributed by atoms with E-state index in [-0.39, 0.29) is 6.04 Å². The van der Waals surface area contributed by atoms with E-state index in [0.717, 1.165) is 6.42 Å². The first-order valence-corrected chi connectivity index (χ1v) is 3.59. The summed E-state index contributed by atoms with van der Waals surface area (Å²) in [5.74, 6) is 0.459. The van der Waals surface area contributed by atoms with Crippen molar-refractivity contribution in [1.29, 1.82) is 0 Å². The lowest BCUT2D eigenvalue weighted by Gasteiger charge is -1.95. The Hall–Kier alpha value is -1.25. The average Bonchev–Trinajstić information content (AvgIpc) is 2.62. The molecule has 0 aromatic rings. The predicted octanol–water partition coefficient (Wildman–Crippen LogP) is 0.785. The van der Waals surface area contributed by atoms with E-state index in [9.17, 15) is 4.79 Å². The fourth-order valence-corrected chi connectivity index (χ4v) is 0.997. The van der Waals surface area contributed by atoms with Gasteiger partial charge >= 0.3 is 6.03 Å². The molecule has 0 spiro atoms. The fourth-order valence-electron chi connectivity index (χ4n) is 0.997. The summed E-state index contributed by atoms with van der Waals surface area (Å²) in [5.41, 5.74) is 4.93. The topological polar surface area (TPSA) is 55.1 Å². The molecule has 1 aliphatic carbocycles. The van der Waals surface area contributed by atoms with Crippen molar-refractivity contribution in [2.45, 2.75) is 12.5 Å². The lowest BCUT2D eigenvalue weighted by atomic mass is 10.3. The smallest absolute Gasteiger partial charge is 0.312 e. The largest absolute Gasteiger partial charge is 0.352 e. The number of rotatable bonds is 3. The zero-order valence-corrected chi connectivity index (χ0v) is 6.29. The van der Waals surface area contributed by atoms with Crippen LogP contribution in [0.25, 0.3) is 0 Å². The lowest BCUT2D eigenvalue weighted by Crippen LogP contribution is -2.31. The van der Waals surface area contributed by atoms with Crippen molar-refractivity contribution in [3.05, 3.63) is 24.8 Å². The summed E-state index contributed by atoms with van der Waals surface area (Å²) in [6.45, 7) is 3.55. The van der Waals surface area contributed by atoms with Gasteiger partial charge in [0, 0.05) is 6.04 Å². The highest BCUT2D eigenvalue weighted by Gasteiger charge is 2.35. The summed E-state index contributed by atoms with van der Waals surface area (Å²) in [6.07, 6.45) is 6.62. The van der Waals surface area contributed by atoms with Gasteiger partial charge in [0.2, 0.25) is 0 Å². The Labute approximate surface area is 66.0 Å². The molecule has 0 aliphatic heterocycles. The lowest BCUT2D eigenvalue weighted by molar-refractivity contribution is 0.248. The third kappa shape index (κ3) is 2.45. The van der Waals surface area contributed by atoms with Gasteiger partial charge < -0.3 is 11.1 Å². The maximum atomic E-state index is 10.3. The van der Waals surface area contributed by atoms with Crippen LogP contribution in [0.15, 0.2) is 24.8 Å². The Kier molecular flexibility index (Phi) is 2.31. The maximum Gasteiger partial charge on any atom is 0.312 e. The van der Waals surface area contributed by atoms with Crippen LogP contribution in [0.1, 0.15) is 6.42 Å². The van der Waals surface area contributed by atoms with E-state index in [0.29, 0.717) is 5.92 Å². The van der Waals surface area contributed by atoms with Crippen LogP contribution in [0.3, 0.4) is 0 Å². The molecule has 0 aromatic carbocycles. The monoisotopic (exact) mass is 152 g/mol. The minimum Gasteiger partial charge on any atom is -0.352 e. The number of urea groups is 1. The molecule has 3 nitrogen and oxygen atoms in total. The number of amides is 2. The Balaban J connectivity index is 2.21. The second-order valence-electron chi connectivity index (χ2n) is 2.64. The number of nitrogens with one attached hydrogen (secondary N) is 1. The molecule has 2 unspecified atom stereocenters. The fraction of sp³-hybridized carbons (Fsp3) is 0.375. The van der Waals surface area contributed by atoms with Crippen molar-refractivity contribution in [3.8, 4) is 0 Å². The van der Waals surface area contributed by atoms with Gasteiger partial charge in [-0.05, 0) is 12.3 Å². The van der Waals surface area contributed by atoms with E-state index in [4.69, 9.17) is 5.73 Å². The van der Waals surface area contributed by atoms with Crippen LogP contribution in [-0.2, 0) is 0 Å². The molecule has 11 heavy (non-hydrogen) atoms. The van der Waals surface area contributed by atoms with Crippen molar-refractivity contribution in [3.63, 3.8) is 0 Å². The summed E-state index contributed by atoms with van der Waals surface area (Å²) < 4.78 is 0. The second-order valence-corrected chi connectivity index (χ2v) is 2.64. The van der Waals surface area contributed by atoms with Gasteiger partial charge in [0.1, 0.15) is 0 Å². The minimum absolute atomic E-state index is 0.253. The molecule has 3 heteroatoms. The molecule has 60 valence electrons. The highest BCUT2D eigenvalue weighted by atomic mass is 16.2. The van der Waals surface area contributed by atoms with Crippen LogP contribution in [-0.4, -0.2) is 12.1 Å². The van der Waals surface area contributed by atoms with Gasteiger partial charge in [-0.15, -0.1) is 0 Å². The third-order valence-electron chi connectivity index (χ3n) is 1.66. The van der Waals surface area contributed by atoms with Crippen LogP contribution in [0.5, 0.6) is 0 Å². The summed E-state index contributed by atoms with van der Waals surface area (Å²) in [4.78, 5) is 10.3. The van der Waals surface area contributed by atoms with Gasteiger partial charge in [-0.1, -0.05) is 24.8 Å². The van der Waals surface area contributed by atoms with Crippen molar-refractivity contribution >= 4 is 6.03 Å². The minimum atomic E-state index is -0.440. The molecule has 1 fully saturated rings. The summed E-state index contributed by atoms with van der Waals surface area (Å²) in [6, 6.07) is -0.187. The molecule has 1 rings (SSSR count). The maximum absolute atomic E-state index is 10.3. The van der Waals surface area contributed by atoms with Crippen LogP contribution in [0.4, 0.5) is 4.79 Å². The zero-order valence-electron chi connectivity index (χ0n) is 6.29. The summed E-state index contributed by atoms with van der Waals surface area (Å²) >= 11 is 0. The van der Waals surface area contributed by atoms with E-state index in [1.807, 2.05) is 12.2 Å². The molecule has 1 saturated carbocycles. The van der Waals surface area contributed by atoms with Crippen molar-refractivity contribution in [1.82, 2.24) is 5.32 Å². The standard InChI is InChI=1S/C8H12N2O/c1-2-3-4-6-5-7(6)10-8(9)11/h2-4,6-7H,1,5H2,(H3,9,10,11)/b4-3+. The van der Waals surface area contributed by atoms with Crippen LogP contribution in [0.2, 0.25) is 0 Å². The second kappa shape index (κ2) is 3.23. The normalized spacial score (nSPS) is 28.4. The number of allylic oxidation sites excluding steroid dienone is 2. The SMILES string of the molecule is C=C/C=C/C1CC1NC(N)=O.